The van der Waals surface area contributed by atoms with Crippen LogP contribution in [0.25, 0.3) is 0 Å². The molecule has 1 amide bonds. The highest BCUT2D eigenvalue weighted by Crippen LogP contribution is 2.09. The SMILES string of the molecule is CCNC(=NCc1cccc(CN(C)C)c1)NCCCN1CCCC1=O.I. The van der Waals surface area contributed by atoms with Gasteiger partial charge in [0.15, 0.2) is 5.96 Å². The summed E-state index contributed by atoms with van der Waals surface area (Å²) in [6.07, 6.45) is 2.65. The lowest BCUT2D eigenvalue weighted by atomic mass is 10.1. The first-order chi connectivity index (χ1) is 12.6. The van der Waals surface area contributed by atoms with E-state index in [0.29, 0.717) is 18.9 Å². The summed E-state index contributed by atoms with van der Waals surface area (Å²) in [6.45, 7) is 7.05. The molecule has 1 aliphatic rings. The molecule has 2 N–H and O–H groups in total. The molecule has 0 radical (unpaired) electrons. The van der Waals surface area contributed by atoms with Gasteiger partial charge >= 0.3 is 0 Å². The van der Waals surface area contributed by atoms with E-state index >= 15 is 0 Å². The van der Waals surface area contributed by atoms with E-state index in [9.17, 15) is 4.79 Å². The summed E-state index contributed by atoms with van der Waals surface area (Å²) < 4.78 is 0. The van der Waals surface area contributed by atoms with Crippen molar-refractivity contribution >= 4 is 35.8 Å². The minimum atomic E-state index is 0. The Morgan fingerprint density at radius 2 is 2.04 bits per heavy atom. The van der Waals surface area contributed by atoms with Gasteiger partial charge in [-0.3, -0.25) is 4.79 Å². The van der Waals surface area contributed by atoms with Gasteiger partial charge < -0.3 is 20.4 Å². The van der Waals surface area contributed by atoms with Crippen LogP contribution in [0.2, 0.25) is 0 Å². The monoisotopic (exact) mass is 487 g/mol. The summed E-state index contributed by atoms with van der Waals surface area (Å²) in [5.41, 5.74) is 2.51. The number of hydrogen-bond donors (Lipinski definition) is 2. The third kappa shape index (κ3) is 8.92. The minimum Gasteiger partial charge on any atom is -0.357 e. The van der Waals surface area contributed by atoms with Gasteiger partial charge in [0, 0.05) is 39.1 Å². The van der Waals surface area contributed by atoms with Gasteiger partial charge in [0.1, 0.15) is 0 Å². The highest BCUT2D eigenvalue weighted by Gasteiger charge is 2.18. The molecule has 1 aromatic rings. The lowest BCUT2D eigenvalue weighted by Gasteiger charge is -2.16. The number of nitrogens with one attached hydrogen (secondary N) is 2. The molecule has 27 heavy (non-hydrogen) atoms. The van der Waals surface area contributed by atoms with Gasteiger partial charge in [-0.15, -0.1) is 24.0 Å². The van der Waals surface area contributed by atoms with Crippen molar-refractivity contribution in [2.75, 3.05) is 40.3 Å². The zero-order valence-corrected chi connectivity index (χ0v) is 19.2. The van der Waals surface area contributed by atoms with Crippen LogP contribution in [-0.2, 0) is 17.9 Å². The van der Waals surface area contributed by atoms with Crippen LogP contribution in [0.5, 0.6) is 0 Å². The maximum Gasteiger partial charge on any atom is 0.222 e. The molecule has 0 aliphatic carbocycles. The molecule has 0 spiro atoms. The Labute approximate surface area is 180 Å². The molecule has 0 saturated carbocycles. The van der Waals surface area contributed by atoms with E-state index in [-0.39, 0.29) is 24.0 Å². The molecule has 1 saturated heterocycles. The molecule has 2 rings (SSSR count). The first-order valence-corrected chi connectivity index (χ1v) is 9.61. The number of guanidine groups is 1. The zero-order valence-electron chi connectivity index (χ0n) is 16.8. The van der Waals surface area contributed by atoms with Crippen LogP contribution in [0, 0.1) is 0 Å². The molecule has 0 bridgehead atoms. The fourth-order valence-electron chi connectivity index (χ4n) is 3.12. The Hall–Kier alpha value is -1.35. The molecule has 152 valence electrons. The maximum atomic E-state index is 11.6. The highest BCUT2D eigenvalue weighted by atomic mass is 127. The summed E-state index contributed by atoms with van der Waals surface area (Å²) in [5, 5.41) is 6.66. The number of carbonyl (C=O) groups excluding carboxylic acids is 1. The predicted octanol–water partition coefficient (Wildman–Crippen LogP) is 2.43. The average Bonchev–Trinajstić information content (AvgIpc) is 3.01. The Morgan fingerprint density at radius 1 is 1.26 bits per heavy atom. The molecular weight excluding hydrogens is 453 g/mol. The molecule has 0 atom stereocenters. The largest absolute Gasteiger partial charge is 0.357 e. The summed E-state index contributed by atoms with van der Waals surface area (Å²) in [5.74, 6) is 1.13. The van der Waals surface area contributed by atoms with Crippen molar-refractivity contribution in [3.05, 3.63) is 35.4 Å². The van der Waals surface area contributed by atoms with Crippen LogP contribution in [0.3, 0.4) is 0 Å². The molecule has 0 aromatic heterocycles. The third-order valence-electron chi connectivity index (χ3n) is 4.32. The second-order valence-electron chi connectivity index (χ2n) is 7.02. The van der Waals surface area contributed by atoms with Crippen molar-refractivity contribution in [3.8, 4) is 0 Å². The van der Waals surface area contributed by atoms with E-state index in [4.69, 9.17) is 0 Å². The van der Waals surface area contributed by atoms with Crippen molar-refractivity contribution in [2.45, 2.75) is 39.3 Å². The number of aliphatic imine (C=N–C) groups is 1. The molecule has 1 aromatic carbocycles. The summed E-state index contributed by atoms with van der Waals surface area (Å²) >= 11 is 0. The number of nitrogens with zero attached hydrogens (tertiary/aromatic N) is 3. The fourth-order valence-corrected chi connectivity index (χ4v) is 3.12. The Morgan fingerprint density at radius 3 is 2.70 bits per heavy atom. The third-order valence-corrected chi connectivity index (χ3v) is 4.32. The van der Waals surface area contributed by atoms with Crippen LogP contribution < -0.4 is 10.6 Å². The first kappa shape index (κ1) is 23.7. The van der Waals surface area contributed by atoms with E-state index in [1.807, 2.05) is 4.90 Å². The van der Waals surface area contributed by atoms with E-state index in [0.717, 1.165) is 51.5 Å². The van der Waals surface area contributed by atoms with Crippen molar-refractivity contribution in [3.63, 3.8) is 0 Å². The number of amides is 1. The normalized spacial score (nSPS) is 14.4. The molecule has 1 aliphatic heterocycles. The number of benzene rings is 1. The van der Waals surface area contributed by atoms with E-state index < -0.39 is 0 Å². The molecule has 1 fully saturated rings. The van der Waals surface area contributed by atoms with Crippen molar-refractivity contribution in [1.82, 2.24) is 20.4 Å². The maximum absolute atomic E-state index is 11.6. The van der Waals surface area contributed by atoms with Gasteiger partial charge in [-0.2, -0.15) is 0 Å². The van der Waals surface area contributed by atoms with Gasteiger partial charge in [-0.1, -0.05) is 24.3 Å². The second kappa shape index (κ2) is 12.9. The van der Waals surface area contributed by atoms with Crippen molar-refractivity contribution in [1.29, 1.82) is 0 Å². The van der Waals surface area contributed by atoms with Crippen LogP contribution >= 0.6 is 24.0 Å². The van der Waals surface area contributed by atoms with E-state index in [1.165, 1.54) is 11.1 Å². The summed E-state index contributed by atoms with van der Waals surface area (Å²) in [6, 6.07) is 8.57. The zero-order chi connectivity index (χ0) is 18.8. The average molecular weight is 487 g/mol. The Balaban J connectivity index is 0.00000364. The Kier molecular flexibility index (Phi) is 11.3. The lowest BCUT2D eigenvalue weighted by molar-refractivity contribution is -0.127. The fraction of sp³-hybridized carbons (Fsp3) is 0.600. The van der Waals surface area contributed by atoms with Crippen molar-refractivity contribution < 1.29 is 4.79 Å². The standard InChI is InChI=1S/C20H33N5O.HI/c1-4-21-20(22-11-7-13-25-12-6-10-19(25)26)23-15-17-8-5-9-18(14-17)16-24(2)3;/h5,8-9,14H,4,6-7,10-13,15-16H2,1-3H3,(H2,21,22,23);1H. The topological polar surface area (TPSA) is 60.0 Å². The van der Waals surface area contributed by atoms with E-state index in [2.05, 4.69) is 65.8 Å². The molecule has 1 heterocycles. The number of halogens is 1. The molecular formula is C20H34IN5O. The van der Waals surface area contributed by atoms with Gasteiger partial charge in [-0.25, -0.2) is 4.99 Å². The quantitative estimate of drug-likeness (QED) is 0.243. The van der Waals surface area contributed by atoms with Gasteiger partial charge in [0.25, 0.3) is 0 Å². The van der Waals surface area contributed by atoms with Crippen LogP contribution in [0.1, 0.15) is 37.3 Å². The first-order valence-electron chi connectivity index (χ1n) is 9.61. The lowest BCUT2D eigenvalue weighted by Crippen LogP contribution is -2.39. The summed E-state index contributed by atoms with van der Waals surface area (Å²) in [7, 11) is 4.15. The highest BCUT2D eigenvalue weighted by molar-refractivity contribution is 14.0. The molecule has 7 heteroatoms. The van der Waals surface area contributed by atoms with E-state index in [1.54, 1.807) is 0 Å². The summed E-state index contributed by atoms with van der Waals surface area (Å²) in [4.78, 5) is 20.4. The predicted molar refractivity (Wildman–Crippen MR) is 122 cm³/mol. The van der Waals surface area contributed by atoms with Gasteiger partial charge in [0.05, 0.1) is 6.54 Å². The minimum absolute atomic E-state index is 0. The molecule has 0 unspecified atom stereocenters. The van der Waals surface area contributed by atoms with Crippen LogP contribution in [-0.4, -0.2) is 61.9 Å². The van der Waals surface area contributed by atoms with Gasteiger partial charge in [0.2, 0.25) is 5.91 Å². The second-order valence-corrected chi connectivity index (χ2v) is 7.02. The smallest absolute Gasteiger partial charge is 0.222 e. The number of rotatable bonds is 9. The molecule has 6 nitrogen and oxygen atoms in total. The van der Waals surface area contributed by atoms with Crippen molar-refractivity contribution in [2.24, 2.45) is 4.99 Å². The number of carbonyl (C=O) groups is 1. The van der Waals surface area contributed by atoms with Crippen LogP contribution in [0.4, 0.5) is 0 Å². The number of hydrogen-bond acceptors (Lipinski definition) is 3. The number of likely N-dealkylation sites (tertiary alicyclic amines) is 1. The Bertz CT molecular complexity index is 606. The van der Waals surface area contributed by atoms with Gasteiger partial charge in [-0.05, 0) is 45.0 Å². The van der Waals surface area contributed by atoms with Crippen LogP contribution in [0.15, 0.2) is 29.3 Å².